The number of halogens is 1. The van der Waals surface area contributed by atoms with Crippen molar-refractivity contribution in [3.63, 3.8) is 0 Å². The van der Waals surface area contributed by atoms with Crippen LogP contribution in [0.3, 0.4) is 0 Å². The topological polar surface area (TPSA) is 55.6 Å². The second-order valence-electron chi connectivity index (χ2n) is 3.88. The van der Waals surface area contributed by atoms with Crippen LogP contribution in [0.2, 0.25) is 5.02 Å². The van der Waals surface area contributed by atoms with Gasteiger partial charge in [0.2, 0.25) is 0 Å². The first-order valence-electron chi connectivity index (χ1n) is 5.66. The molecule has 0 radical (unpaired) electrons. The lowest BCUT2D eigenvalue weighted by molar-refractivity contribution is 0.916. The summed E-state index contributed by atoms with van der Waals surface area (Å²) in [6, 6.07) is 11.1. The summed E-state index contributed by atoms with van der Waals surface area (Å²) < 4.78 is 1.79. The van der Waals surface area contributed by atoms with Gasteiger partial charge in [0, 0.05) is 23.1 Å². The smallest absolute Gasteiger partial charge is 0.160 e. The third-order valence-corrected chi connectivity index (χ3v) is 2.79. The zero-order chi connectivity index (χ0) is 13.1. The molecule has 0 unspecified atom stereocenters. The highest BCUT2D eigenvalue weighted by Gasteiger charge is 2.00. The molecule has 0 spiro atoms. The van der Waals surface area contributed by atoms with Gasteiger partial charge < -0.3 is 5.32 Å². The van der Waals surface area contributed by atoms with Gasteiger partial charge in [-0.05, 0) is 36.4 Å². The van der Waals surface area contributed by atoms with Crippen molar-refractivity contribution >= 4 is 23.1 Å². The Bertz CT molecular complexity index is 647. The minimum absolute atomic E-state index is 0.672. The Labute approximate surface area is 114 Å². The highest BCUT2D eigenvalue weighted by molar-refractivity contribution is 6.30. The second-order valence-corrected chi connectivity index (χ2v) is 4.32. The van der Waals surface area contributed by atoms with Crippen LogP contribution in [0.25, 0.3) is 5.82 Å². The summed E-state index contributed by atoms with van der Waals surface area (Å²) in [4.78, 5) is 3.96. The van der Waals surface area contributed by atoms with Gasteiger partial charge in [0.15, 0.2) is 11.6 Å². The summed E-state index contributed by atoms with van der Waals surface area (Å²) >= 11 is 5.83. The minimum atomic E-state index is 0.672. The predicted octanol–water partition coefficient (Wildman–Crippen LogP) is 3.06. The molecule has 0 saturated carbocycles. The molecule has 2 aromatic heterocycles. The Morgan fingerprint density at radius 1 is 1.00 bits per heavy atom. The molecule has 0 bridgehead atoms. The molecule has 3 rings (SSSR count). The molecule has 0 fully saturated rings. The highest BCUT2D eigenvalue weighted by atomic mass is 35.5. The SMILES string of the molecule is Clc1ccc(Nc2ccc(-n3ccnc3)nn2)cc1. The molecule has 0 atom stereocenters. The van der Waals surface area contributed by atoms with E-state index in [4.69, 9.17) is 11.6 Å². The van der Waals surface area contributed by atoms with E-state index in [1.54, 1.807) is 17.1 Å². The van der Waals surface area contributed by atoms with E-state index in [0.29, 0.717) is 10.8 Å². The van der Waals surface area contributed by atoms with Gasteiger partial charge in [0.25, 0.3) is 0 Å². The fourth-order valence-electron chi connectivity index (χ4n) is 1.61. The fourth-order valence-corrected chi connectivity index (χ4v) is 1.73. The van der Waals surface area contributed by atoms with Crippen LogP contribution in [0.15, 0.2) is 55.1 Å². The molecular formula is C13H10ClN5. The maximum atomic E-state index is 5.83. The van der Waals surface area contributed by atoms with Gasteiger partial charge in [-0.3, -0.25) is 4.57 Å². The van der Waals surface area contributed by atoms with E-state index in [-0.39, 0.29) is 0 Å². The van der Waals surface area contributed by atoms with E-state index in [9.17, 15) is 0 Å². The molecule has 19 heavy (non-hydrogen) atoms. The molecule has 0 aliphatic carbocycles. The maximum Gasteiger partial charge on any atom is 0.160 e. The van der Waals surface area contributed by atoms with Gasteiger partial charge in [-0.25, -0.2) is 4.98 Å². The Kier molecular flexibility index (Phi) is 3.12. The first-order valence-corrected chi connectivity index (χ1v) is 6.04. The molecule has 1 aromatic carbocycles. The molecule has 2 heterocycles. The van der Waals surface area contributed by atoms with E-state index in [0.717, 1.165) is 11.5 Å². The van der Waals surface area contributed by atoms with E-state index < -0.39 is 0 Å². The number of rotatable bonds is 3. The molecule has 94 valence electrons. The van der Waals surface area contributed by atoms with Gasteiger partial charge in [-0.15, -0.1) is 10.2 Å². The van der Waals surface area contributed by atoms with Crippen molar-refractivity contribution in [3.8, 4) is 5.82 Å². The number of anilines is 2. The second kappa shape index (κ2) is 5.07. The average molecular weight is 272 g/mol. The van der Waals surface area contributed by atoms with Gasteiger partial charge >= 0.3 is 0 Å². The summed E-state index contributed by atoms with van der Waals surface area (Å²) in [5, 5.41) is 12.1. The fraction of sp³-hybridized carbons (Fsp3) is 0. The van der Waals surface area contributed by atoms with Crippen LogP contribution in [0.1, 0.15) is 0 Å². The summed E-state index contributed by atoms with van der Waals surface area (Å²) in [5.41, 5.74) is 0.911. The first kappa shape index (κ1) is 11.7. The normalized spacial score (nSPS) is 10.4. The third-order valence-electron chi connectivity index (χ3n) is 2.54. The van der Waals surface area contributed by atoms with Gasteiger partial charge in [0.05, 0.1) is 0 Å². The minimum Gasteiger partial charge on any atom is -0.339 e. The van der Waals surface area contributed by atoms with Crippen molar-refractivity contribution in [2.45, 2.75) is 0 Å². The van der Waals surface area contributed by atoms with E-state index >= 15 is 0 Å². The quantitative estimate of drug-likeness (QED) is 0.795. The lowest BCUT2D eigenvalue weighted by Crippen LogP contribution is -2.00. The van der Waals surface area contributed by atoms with Crippen molar-refractivity contribution in [3.05, 3.63) is 60.1 Å². The summed E-state index contributed by atoms with van der Waals surface area (Å²) in [6.07, 6.45) is 5.19. The number of nitrogens with one attached hydrogen (secondary N) is 1. The molecule has 0 aliphatic rings. The Hall–Kier alpha value is -2.40. The molecule has 0 amide bonds. The standard InChI is InChI=1S/C13H10ClN5/c14-10-1-3-11(4-2-10)16-12-5-6-13(18-17-12)19-8-7-15-9-19/h1-9H,(H,16,17). The maximum absolute atomic E-state index is 5.83. The molecule has 0 saturated heterocycles. The Balaban J connectivity index is 1.77. The van der Waals surface area contributed by atoms with Crippen LogP contribution in [0.5, 0.6) is 0 Å². The van der Waals surface area contributed by atoms with Crippen molar-refractivity contribution in [1.82, 2.24) is 19.7 Å². The molecular weight excluding hydrogens is 262 g/mol. The summed E-state index contributed by atoms with van der Waals surface area (Å²) in [7, 11) is 0. The van der Waals surface area contributed by atoms with Gasteiger partial charge in [-0.1, -0.05) is 11.6 Å². The van der Waals surface area contributed by atoms with Crippen molar-refractivity contribution in [2.24, 2.45) is 0 Å². The van der Waals surface area contributed by atoms with Crippen molar-refractivity contribution < 1.29 is 0 Å². The molecule has 5 nitrogen and oxygen atoms in total. The molecule has 1 N–H and O–H groups in total. The monoisotopic (exact) mass is 271 g/mol. The zero-order valence-electron chi connectivity index (χ0n) is 9.86. The van der Waals surface area contributed by atoms with E-state index in [1.807, 2.05) is 42.6 Å². The average Bonchev–Trinajstić information content (AvgIpc) is 2.96. The largest absolute Gasteiger partial charge is 0.339 e. The predicted molar refractivity (Wildman–Crippen MR) is 73.9 cm³/mol. The lowest BCUT2D eigenvalue weighted by Gasteiger charge is -2.05. The van der Waals surface area contributed by atoms with E-state index in [2.05, 4.69) is 20.5 Å². The number of hydrogen-bond donors (Lipinski definition) is 1. The van der Waals surface area contributed by atoms with E-state index in [1.165, 1.54) is 0 Å². The van der Waals surface area contributed by atoms with Crippen LogP contribution in [-0.4, -0.2) is 19.7 Å². The third kappa shape index (κ3) is 2.71. The number of nitrogens with zero attached hydrogens (tertiary/aromatic N) is 4. The summed E-state index contributed by atoms with van der Waals surface area (Å²) in [6.45, 7) is 0. The zero-order valence-corrected chi connectivity index (χ0v) is 10.6. The first-order chi connectivity index (χ1) is 9.31. The van der Waals surface area contributed by atoms with Crippen LogP contribution >= 0.6 is 11.6 Å². The van der Waals surface area contributed by atoms with Crippen LogP contribution in [0, 0.1) is 0 Å². The van der Waals surface area contributed by atoms with Crippen LogP contribution < -0.4 is 5.32 Å². The molecule has 0 aliphatic heterocycles. The van der Waals surface area contributed by atoms with Crippen LogP contribution in [-0.2, 0) is 0 Å². The molecule has 6 heteroatoms. The number of benzene rings is 1. The Morgan fingerprint density at radius 2 is 1.84 bits per heavy atom. The van der Waals surface area contributed by atoms with Gasteiger partial charge in [0.1, 0.15) is 6.33 Å². The van der Waals surface area contributed by atoms with Gasteiger partial charge in [-0.2, -0.15) is 0 Å². The van der Waals surface area contributed by atoms with Crippen molar-refractivity contribution in [2.75, 3.05) is 5.32 Å². The molecule has 3 aromatic rings. The van der Waals surface area contributed by atoms with Crippen molar-refractivity contribution in [1.29, 1.82) is 0 Å². The lowest BCUT2D eigenvalue weighted by atomic mass is 10.3. The number of aromatic nitrogens is 4. The van der Waals surface area contributed by atoms with Crippen LogP contribution in [0.4, 0.5) is 11.5 Å². The number of hydrogen-bond acceptors (Lipinski definition) is 4. The summed E-state index contributed by atoms with van der Waals surface area (Å²) in [5.74, 6) is 1.39. The highest BCUT2D eigenvalue weighted by Crippen LogP contribution is 2.17. The Morgan fingerprint density at radius 3 is 2.47 bits per heavy atom. The number of imidazole rings is 1.